The Labute approximate surface area is 119 Å². The minimum atomic E-state index is 0.0882. The first kappa shape index (κ1) is 12.3. The molecule has 0 saturated carbocycles. The van der Waals surface area contributed by atoms with Crippen LogP contribution in [-0.4, -0.2) is 5.78 Å². The number of rotatable bonds is 3. The zero-order valence-corrected chi connectivity index (χ0v) is 11.6. The van der Waals surface area contributed by atoms with Gasteiger partial charge in [-0.25, -0.2) is 0 Å². The van der Waals surface area contributed by atoms with E-state index in [1.165, 1.54) is 4.70 Å². The average Bonchev–Trinajstić information content (AvgIpc) is 2.83. The summed E-state index contributed by atoms with van der Waals surface area (Å²) in [6, 6.07) is 15.1. The Morgan fingerprint density at radius 2 is 1.84 bits per heavy atom. The van der Waals surface area contributed by atoms with Crippen LogP contribution < -0.4 is 4.57 Å². The predicted molar refractivity (Wildman–Crippen MR) is 77.8 cm³/mol. The minimum absolute atomic E-state index is 0.0882. The van der Waals surface area contributed by atoms with E-state index in [0.717, 1.165) is 5.52 Å². The molecule has 2 aromatic carbocycles. The molecule has 0 radical (unpaired) electrons. The van der Waals surface area contributed by atoms with Crippen LogP contribution in [0, 0.1) is 0 Å². The van der Waals surface area contributed by atoms with Gasteiger partial charge in [0.2, 0.25) is 23.4 Å². The summed E-state index contributed by atoms with van der Waals surface area (Å²) in [6.45, 7) is 0.353. The number of carbonyl (C=O) groups excluding carboxylic acids is 1. The number of ketones is 1. The third kappa shape index (κ3) is 2.53. The molecule has 0 N–H and O–H groups in total. The molecule has 3 aromatic rings. The number of benzene rings is 2. The fourth-order valence-corrected chi connectivity index (χ4v) is 2.99. The summed E-state index contributed by atoms with van der Waals surface area (Å²) in [4.78, 5) is 12.2. The van der Waals surface area contributed by atoms with Crippen molar-refractivity contribution in [2.24, 2.45) is 0 Å². The fraction of sp³-hybridized carbons (Fsp3) is 0.0667. The normalized spacial score (nSPS) is 10.8. The van der Waals surface area contributed by atoms with E-state index in [1.54, 1.807) is 35.6 Å². The van der Waals surface area contributed by atoms with E-state index >= 15 is 0 Å². The number of halogens is 1. The molecular formula is C15H11ClNOS+. The molecule has 3 rings (SSSR count). The molecule has 0 unspecified atom stereocenters. The summed E-state index contributed by atoms with van der Waals surface area (Å²) in [5.74, 6) is 0.0882. The molecule has 19 heavy (non-hydrogen) atoms. The van der Waals surface area contributed by atoms with Crippen LogP contribution in [-0.2, 0) is 6.54 Å². The zero-order valence-electron chi connectivity index (χ0n) is 10.0. The molecule has 1 heterocycles. The van der Waals surface area contributed by atoms with Crippen molar-refractivity contribution in [2.45, 2.75) is 6.54 Å². The molecular weight excluding hydrogens is 278 g/mol. The zero-order chi connectivity index (χ0) is 13.2. The van der Waals surface area contributed by atoms with Crippen LogP contribution in [0.25, 0.3) is 10.2 Å². The van der Waals surface area contributed by atoms with Gasteiger partial charge in [0, 0.05) is 16.7 Å². The third-order valence-electron chi connectivity index (χ3n) is 2.96. The first-order valence-electron chi connectivity index (χ1n) is 5.88. The van der Waals surface area contributed by atoms with Crippen LogP contribution in [0.4, 0.5) is 0 Å². The topological polar surface area (TPSA) is 20.9 Å². The van der Waals surface area contributed by atoms with E-state index in [1.807, 2.05) is 28.3 Å². The monoisotopic (exact) mass is 288 g/mol. The number of aromatic nitrogens is 1. The van der Waals surface area contributed by atoms with Crippen LogP contribution in [0.2, 0.25) is 5.02 Å². The first-order valence-corrected chi connectivity index (χ1v) is 7.14. The van der Waals surface area contributed by atoms with Gasteiger partial charge in [0.1, 0.15) is 4.70 Å². The van der Waals surface area contributed by atoms with Gasteiger partial charge in [0.15, 0.2) is 0 Å². The molecule has 0 aliphatic rings. The predicted octanol–water partition coefficient (Wildman–Crippen LogP) is 3.73. The molecule has 0 aliphatic heterocycles. The maximum absolute atomic E-state index is 12.2. The van der Waals surface area contributed by atoms with Crippen molar-refractivity contribution in [1.29, 1.82) is 0 Å². The second-order valence-electron chi connectivity index (χ2n) is 4.25. The number of nitrogens with zero attached hydrogens (tertiary/aromatic N) is 1. The van der Waals surface area contributed by atoms with Gasteiger partial charge in [0.25, 0.3) is 0 Å². The van der Waals surface area contributed by atoms with Gasteiger partial charge in [-0.15, -0.1) is 0 Å². The van der Waals surface area contributed by atoms with Crippen molar-refractivity contribution < 1.29 is 9.36 Å². The molecule has 0 amide bonds. The Kier molecular flexibility index (Phi) is 3.32. The van der Waals surface area contributed by atoms with Crippen molar-refractivity contribution in [2.75, 3.05) is 0 Å². The molecule has 4 heteroatoms. The molecule has 0 aliphatic carbocycles. The van der Waals surface area contributed by atoms with Gasteiger partial charge in [-0.2, -0.15) is 4.57 Å². The summed E-state index contributed by atoms with van der Waals surface area (Å²) in [7, 11) is 0. The summed E-state index contributed by atoms with van der Waals surface area (Å²) >= 11 is 7.47. The van der Waals surface area contributed by atoms with Gasteiger partial charge >= 0.3 is 0 Å². The number of fused-ring (bicyclic) bond motifs is 1. The average molecular weight is 289 g/mol. The van der Waals surface area contributed by atoms with Crippen molar-refractivity contribution in [3.05, 3.63) is 64.6 Å². The van der Waals surface area contributed by atoms with E-state index in [9.17, 15) is 4.79 Å². The second-order valence-corrected chi connectivity index (χ2v) is 5.57. The van der Waals surface area contributed by atoms with Gasteiger partial charge in [0.05, 0.1) is 0 Å². The Hall–Kier alpha value is -1.71. The lowest BCUT2D eigenvalue weighted by atomic mass is 10.1. The van der Waals surface area contributed by atoms with E-state index < -0.39 is 0 Å². The molecule has 94 valence electrons. The number of hydrogen-bond donors (Lipinski definition) is 0. The lowest BCUT2D eigenvalue weighted by Gasteiger charge is -1.97. The van der Waals surface area contributed by atoms with Gasteiger partial charge in [-0.05, 0) is 30.3 Å². The van der Waals surface area contributed by atoms with E-state index in [4.69, 9.17) is 11.6 Å². The highest BCUT2D eigenvalue weighted by molar-refractivity contribution is 7.16. The van der Waals surface area contributed by atoms with Crippen molar-refractivity contribution >= 4 is 38.9 Å². The number of hydrogen-bond acceptors (Lipinski definition) is 2. The Morgan fingerprint density at radius 3 is 2.63 bits per heavy atom. The van der Waals surface area contributed by atoms with Crippen LogP contribution in [0.3, 0.4) is 0 Å². The highest BCUT2D eigenvalue weighted by atomic mass is 35.5. The number of thiazole rings is 1. The number of Topliss-reactive ketones (excluding diaryl/α,β-unsaturated/α-hetero) is 1. The molecule has 0 saturated heterocycles. The SMILES string of the molecule is O=C(C[n+]1csc2ccccc21)c1ccc(Cl)cc1. The Balaban J connectivity index is 1.89. The largest absolute Gasteiger partial charge is 0.287 e. The van der Waals surface area contributed by atoms with Gasteiger partial charge in [-0.1, -0.05) is 35.1 Å². The highest BCUT2D eigenvalue weighted by Gasteiger charge is 2.16. The van der Waals surface area contributed by atoms with E-state index in [-0.39, 0.29) is 5.78 Å². The Morgan fingerprint density at radius 1 is 1.11 bits per heavy atom. The third-order valence-corrected chi connectivity index (χ3v) is 4.17. The lowest BCUT2D eigenvalue weighted by molar-refractivity contribution is -0.652. The molecule has 0 fully saturated rings. The quantitative estimate of drug-likeness (QED) is 0.531. The second kappa shape index (κ2) is 5.11. The fourth-order valence-electron chi connectivity index (χ4n) is 1.98. The number of para-hydroxylation sites is 1. The first-order chi connectivity index (χ1) is 9.24. The molecule has 1 aromatic heterocycles. The maximum atomic E-state index is 12.2. The molecule has 0 bridgehead atoms. The summed E-state index contributed by atoms with van der Waals surface area (Å²) in [5, 5.41) is 0.644. The lowest BCUT2D eigenvalue weighted by Crippen LogP contribution is -2.36. The van der Waals surface area contributed by atoms with Crippen LogP contribution >= 0.6 is 22.9 Å². The smallest absolute Gasteiger partial charge is 0.227 e. The molecule has 0 atom stereocenters. The maximum Gasteiger partial charge on any atom is 0.227 e. The van der Waals surface area contributed by atoms with E-state index in [0.29, 0.717) is 17.1 Å². The highest BCUT2D eigenvalue weighted by Crippen LogP contribution is 2.15. The van der Waals surface area contributed by atoms with Crippen molar-refractivity contribution in [3.63, 3.8) is 0 Å². The van der Waals surface area contributed by atoms with Crippen LogP contribution in [0.1, 0.15) is 10.4 Å². The molecule has 0 spiro atoms. The van der Waals surface area contributed by atoms with Gasteiger partial charge in [-0.3, -0.25) is 4.79 Å². The summed E-state index contributed by atoms with van der Waals surface area (Å²) < 4.78 is 3.17. The van der Waals surface area contributed by atoms with Crippen molar-refractivity contribution in [1.82, 2.24) is 0 Å². The van der Waals surface area contributed by atoms with Crippen LogP contribution in [0.5, 0.6) is 0 Å². The number of carbonyl (C=O) groups is 1. The molecule has 2 nitrogen and oxygen atoms in total. The summed E-state index contributed by atoms with van der Waals surface area (Å²) in [6.07, 6.45) is 0. The standard InChI is InChI=1S/C15H11ClNOS/c16-12-7-5-11(6-8-12)14(18)9-17-10-19-15-4-2-1-3-13(15)17/h1-8,10H,9H2/q+1. The Bertz CT molecular complexity index is 733. The van der Waals surface area contributed by atoms with E-state index in [2.05, 4.69) is 6.07 Å². The van der Waals surface area contributed by atoms with Crippen LogP contribution in [0.15, 0.2) is 54.0 Å². The van der Waals surface area contributed by atoms with Crippen molar-refractivity contribution in [3.8, 4) is 0 Å². The summed E-state index contributed by atoms with van der Waals surface area (Å²) in [5.41, 5.74) is 3.76. The minimum Gasteiger partial charge on any atom is -0.287 e. The van der Waals surface area contributed by atoms with Gasteiger partial charge < -0.3 is 0 Å².